The molecule has 1 aliphatic heterocycles. The Labute approximate surface area is 117 Å². The van der Waals surface area contributed by atoms with Gasteiger partial charge in [0, 0.05) is 18.8 Å². The summed E-state index contributed by atoms with van der Waals surface area (Å²) in [7, 11) is 0. The zero-order valence-corrected chi connectivity index (χ0v) is 11.6. The van der Waals surface area contributed by atoms with Crippen LogP contribution >= 0.6 is 0 Å². The average Bonchev–Trinajstić information content (AvgIpc) is 2.80. The van der Waals surface area contributed by atoms with Crippen LogP contribution in [0.2, 0.25) is 0 Å². The van der Waals surface area contributed by atoms with Crippen LogP contribution < -0.4 is 10.2 Å². The summed E-state index contributed by atoms with van der Waals surface area (Å²) in [5, 5.41) is 11.8. The van der Waals surface area contributed by atoms with Crippen LogP contribution in [0, 0.1) is 0 Å². The third kappa shape index (κ3) is 2.99. The Morgan fingerprint density at radius 3 is 2.80 bits per heavy atom. The molecule has 2 amide bonds. The molecular formula is C15H18N2O3. The molecule has 2 rings (SSSR count). The number of carboxylic acid groups (broad SMARTS) is 1. The molecule has 2 N–H and O–H groups in total. The molecule has 0 aliphatic carbocycles. The van der Waals surface area contributed by atoms with Crippen molar-refractivity contribution in [1.29, 1.82) is 0 Å². The fourth-order valence-electron chi connectivity index (χ4n) is 2.16. The quantitative estimate of drug-likeness (QED) is 0.832. The van der Waals surface area contributed by atoms with Gasteiger partial charge in [-0.2, -0.15) is 0 Å². The maximum atomic E-state index is 12.1. The molecule has 0 spiro atoms. The normalized spacial score (nSPS) is 12.8. The second-order valence-corrected chi connectivity index (χ2v) is 5.02. The van der Waals surface area contributed by atoms with Gasteiger partial charge in [-0.1, -0.05) is 17.7 Å². The van der Waals surface area contributed by atoms with Crippen LogP contribution in [0.4, 0.5) is 10.5 Å². The van der Waals surface area contributed by atoms with Gasteiger partial charge in [-0.25, -0.2) is 9.59 Å². The Morgan fingerprint density at radius 1 is 1.40 bits per heavy atom. The molecule has 1 heterocycles. The largest absolute Gasteiger partial charge is 0.478 e. The number of hydrogen-bond donors (Lipinski definition) is 2. The minimum atomic E-state index is -0.982. The second kappa shape index (κ2) is 5.77. The summed E-state index contributed by atoms with van der Waals surface area (Å²) in [6.07, 6.45) is 2.69. The van der Waals surface area contributed by atoms with E-state index in [0.717, 1.165) is 17.6 Å². The van der Waals surface area contributed by atoms with E-state index in [1.165, 1.54) is 0 Å². The van der Waals surface area contributed by atoms with Gasteiger partial charge in [0.2, 0.25) is 0 Å². The molecule has 0 aromatic heterocycles. The zero-order chi connectivity index (χ0) is 14.7. The van der Waals surface area contributed by atoms with Gasteiger partial charge in [-0.15, -0.1) is 0 Å². The number of carbonyl (C=O) groups is 2. The smallest absolute Gasteiger partial charge is 0.335 e. The lowest BCUT2D eigenvalue weighted by Gasteiger charge is -2.18. The fraction of sp³-hybridized carbons (Fsp3) is 0.333. The van der Waals surface area contributed by atoms with E-state index in [9.17, 15) is 9.59 Å². The molecule has 0 bridgehead atoms. The molecule has 0 unspecified atom stereocenters. The third-order valence-corrected chi connectivity index (χ3v) is 3.24. The lowest BCUT2D eigenvalue weighted by molar-refractivity contribution is 0.0697. The summed E-state index contributed by atoms with van der Waals surface area (Å²) >= 11 is 0. The number of nitrogens with zero attached hydrogens (tertiary/aromatic N) is 1. The van der Waals surface area contributed by atoms with Crippen LogP contribution in [0.3, 0.4) is 0 Å². The number of aromatic carboxylic acids is 1. The third-order valence-electron chi connectivity index (χ3n) is 3.24. The summed E-state index contributed by atoms with van der Waals surface area (Å²) < 4.78 is 0. The Balaban J connectivity index is 2.14. The molecule has 0 radical (unpaired) electrons. The molecule has 0 saturated heterocycles. The van der Waals surface area contributed by atoms with Crippen LogP contribution in [0.1, 0.15) is 29.8 Å². The molecule has 20 heavy (non-hydrogen) atoms. The summed E-state index contributed by atoms with van der Waals surface area (Å²) in [6.45, 7) is 5.00. The number of allylic oxidation sites excluding steroid dienone is 1. The predicted molar refractivity (Wildman–Crippen MR) is 77.3 cm³/mol. The number of rotatable bonds is 3. The van der Waals surface area contributed by atoms with Crippen molar-refractivity contribution in [2.75, 3.05) is 18.0 Å². The van der Waals surface area contributed by atoms with Crippen molar-refractivity contribution >= 4 is 17.7 Å². The number of nitrogens with one attached hydrogen (secondary N) is 1. The SMILES string of the molecule is CC(C)=CCNC(=O)N1CCc2ccc(C(=O)O)cc21. The second-order valence-electron chi connectivity index (χ2n) is 5.02. The summed E-state index contributed by atoms with van der Waals surface area (Å²) in [6, 6.07) is 4.72. The van der Waals surface area contributed by atoms with E-state index >= 15 is 0 Å². The number of fused-ring (bicyclic) bond motifs is 1. The number of carbonyl (C=O) groups excluding carboxylic acids is 1. The van der Waals surface area contributed by atoms with Gasteiger partial charge < -0.3 is 10.4 Å². The van der Waals surface area contributed by atoms with Crippen LogP contribution in [-0.2, 0) is 6.42 Å². The predicted octanol–water partition coefficient (Wildman–Crippen LogP) is 2.42. The molecule has 1 aromatic rings. The van der Waals surface area contributed by atoms with Crippen LogP contribution in [0.25, 0.3) is 0 Å². The zero-order valence-electron chi connectivity index (χ0n) is 11.6. The Hall–Kier alpha value is -2.30. The van der Waals surface area contributed by atoms with Gasteiger partial charge in [-0.3, -0.25) is 4.90 Å². The van der Waals surface area contributed by atoms with Crippen LogP contribution in [0.5, 0.6) is 0 Å². The number of benzene rings is 1. The van der Waals surface area contributed by atoms with E-state index < -0.39 is 5.97 Å². The minimum Gasteiger partial charge on any atom is -0.478 e. The van der Waals surface area contributed by atoms with Crippen molar-refractivity contribution in [3.63, 3.8) is 0 Å². The minimum absolute atomic E-state index is 0.191. The van der Waals surface area contributed by atoms with Gasteiger partial charge in [0.1, 0.15) is 0 Å². The summed E-state index contributed by atoms with van der Waals surface area (Å²) in [5.74, 6) is -0.982. The highest BCUT2D eigenvalue weighted by molar-refractivity contribution is 5.97. The fourth-order valence-corrected chi connectivity index (χ4v) is 2.16. The number of urea groups is 1. The molecule has 1 aromatic carbocycles. The number of anilines is 1. The van der Waals surface area contributed by atoms with Crippen molar-refractivity contribution in [3.05, 3.63) is 41.0 Å². The first kappa shape index (κ1) is 14.1. The van der Waals surface area contributed by atoms with Crippen molar-refractivity contribution < 1.29 is 14.7 Å². The number of hydrogen-bond acceptors (Lipinski definition) is 2. The first-order valence-electron chi connectivity index (χ1n) is 6.54. The lowest BCUT2D eigenvalue weighted by atomic mass is 10.1. The molecule has 5 heteroatoms. The molecule has 5 nitrogen and oxygen atoms in total. The highest BCUT2D eigenvalue weighted by Crippen LogP contribution is 2.29. The van der Waals surface area contributed by atoms with Gasteiger partial charge in [-0.05, 0) is 38.0 Å². The van der Waals surface area contributed by atoms with Crippen molar-refractivity contribution in [2.45, 2.75) is 20.3 Å². The monoisotopic (exact) mass is 274 g/mol. The van der Waals surface area contributed by atoms with Crippen molar-refractivity contribution in [3.8, 4) is 0 Å². The first-order chi connectivity index (χ1) is 9.49. The van der Waals surface area contributed by atoms with Crippen molar-refractivity contribution in [1.82, 2.24) is 5.32 Å². The molecular weight excluding hydrogens is 256 g/mol. The Bertz CT molecular complexity index is 574. The lowest BCUT2D eigenvalue weighted by Crippen LogP contribution is -2.39. The maximum absolute atomic E-state index is 12.1. The Morgan fingerprint density at radius 2 is 2.15 bits per heavy atom. The van der Waals surface area contributed by atoms with Gasteiger partial charge in [0.05, 0.1) is 5.56 Å². The van der Waals surface area contributed by atoms with E-state index in [4.69, 9.17) is 5.11 Å². The van der Waals surface area contributed by atoms with Gasteiger partial charge in [0.15, 0.2) is 0 Å². The van der Waals surface area contributed by atoms with Gasteiger partial charge in [0.25, 0.3) is 0 Å². The highest BCUT2D eigenvalue weighted by atomic mass is 16.4. The summed E-state index contributed by atoms with van der Waals surface area (Å²) in [4.78, 5) is 24.7. The number of carboxylic acids is 1. The first-order valence-corrected chi connectivity index (χ1v) is 6.54. The molecule has 0 fully saturated rings. The molecule has 106 valence electrons. The topological polar surface area (TPSA) is 69.6 Å². The van der Waals surface area contributed by atoms with E-state index in [0.29, 0.717) is 18.8 Å². The molecule has 1 aliphatic rings. The van der Waals surface area contributed by atoms with E-state index in [1.54, 1.807) is 23.1 Å². The maximum Gasteiger partial charge on any atom is 0.335 e. The summed E-state index contributed by atoms with van der Waals surface area (Å²) in [5.41, 5.74) is 3.04. The van der Waals surface area contributed by atoms with Crippen LogP contribution in [-0.4, -0.2) is 30.2 Å². The average molecular weight is 274 g/mol. The standard InChI is InChI=1S/C15H18N2O3/c1-10(2)5-7-16-15(20)17-8-6-11-3-4-12(14(18)19)9-13(11)17/h3-5,9H,6-8H2,1-2H3,(H,16,20)(H,18,19). The number of amides is 2. The van der Waals surface area contributed by atoms with Crippen molar-refractivity contribution in [2.24, 2.45) is 0 Å². The highest BCUT2D eigenvalue weighted by Gasteiger charge is 2.25. The molecule has 0 saturated carbocycles. The van der Waals surface area contributed by atoms with E-state index in [-0.39, 0.29) is 11.6 Å². The van der Waals surface area contributed by atoms with Crippen LogP contribution in [0.15, 0.2) is 29.8 Å². The van der Waals surface area contributed by atoms with E-state index in [1.807, 2.05) is 19.9 Å². The Kier molecular flexibility index (Phi) is 4.08. The van der Waals surface area contributed by atoms with E-state index in [2.05, 4.69) is 5.32 Å². The van der Waals surface area contributed by atoms with Gasteiger partial charge >= 0.3 is 12.0 Å². The molecule has 0 atom stereocenters.